The smallest absolute Gasteiger partial charge is 0.132 e. The van der Waals surface area contributed by atoms with E-state index in [-0.39, 0.29) is 5.41 Å². The molecule has 0 unspecified atom stereocenters. The van der Waals surface area contributed by atoms with Crippen molar-refractivity contribution in [3.63, 3.8) is 0 Å². The Labute approximate surface area is 171 Å². The van der Waals surface area contributed by atoms with Gasteiger partial charge in [-0.25, -0.2) is 0 Å². The van der Waals surface area contributed by atoms with Gasteiger partial charge in [0.05, 0.1) is 0 Å². The van der Waals surface area contributed by atoms with Crippen LogP contribution in [0.1, 0.15) is 94.6 Å². The van der Waals surface area contributed by atoms with Crippen molar-refractivity contribution in [3.8, 4) is 0 Å². The van der Waals surface area contributed by atoms with Crippen LogP contribution in [0.4, 0.5) is 0 Å². The standard InChI is InChI=1S/C27H36O/c28-26-20-12-3-1-2-4-14-22-27(23-15-7-13-21-26,24-16-8-5-9-17-24)25-18-10-6-11-19-25/h5-6,8-11,16-19H,1-4,7,12-15,20-23H2. The molecular weight excluding hydrogens is 340 g/mol. The van der Waals surface area contributed by atoms with Gasteiger partial charge in [0.25, 0.3) is 0 Å². The van der Waals surface area contributed by atoms with Gasteiger partial charge in [-0.2, -0.15) is 0 Å². The molecule has 0 N–H and O–H groups in total. The maximum absolute atomic E-state index is 12.1. The normalized spacial score (nSPS) is 20.1. The molecule has 2 aromatic carbocycles. The molecule has 150 valence electrons. The van der Waals surface area contributed by atoms with Gasteiger partial charge in [0.15, 0.2) is 0 Å². The summed E-state index contributed by atoms with van der Waals surface area (Å²) in [7, 11) is 0. The van der Waals surface area contributed by atoms with Crippen molar-refractivity contribution < 1.29 is 4.79 Å². The SMILES string of the molecule is O=C1CCCCCCCCC(c2ccccc2)(c2ccccc2)CCCCC1. The van der Waals surface area contributed by atoms with E-state index in [2.05, 4.69) is 60.7 Å². The number of hydrogen-bond donors (Lipinski definition) is 0. The first-order valence-electron chi connectivity index (χ1n) is 11.4. The highest BCUT2D eigenvalue weighted by Crippen LogP contribution is 2.42. The zero-order valence-corrected chi connectivity index (χ0v) is 17.4. The maximum atomic E-state index is 12.1. The largest absolute Gasteiger partial charge is 0.300 e. The van der Waals surface area contributed by atoms with Crippen LogP contribution >= 0.6 is 0 Å². The average Bonchev–Trinajstić information content (AvgIpc) is 2.75. The summed E-state index contributed by atoms with van der Waals surface area (Å²) in [5, 5.41) is 0. The molecule has 0 atom stereocenters. The molecule has 1 saturated carbocycles. The summed E-state index contributed by atoms with van der Waals surface area (Å²) in [5.74, 6) is 0.479. The molecule has 0 aliphatic heterocycles. The quantitative estimate of drug-likeness (QED) is 0.526. The molecule has 0 heterocycles. The Balaban J connectivity index is 1.84. The van der Waals surface area contributed by atoms with Crippen LogP contribution in [0.5, 0.6) is 0 Å². The molecule has 1 heteroatoms. The first-order valence-corrected chi connectivity index (χ1v) is 11.4. The molecule has 0 aromatic heterocycles. The molecule has 1 fully saturated rings. The summed E-state index contributed by atoms with van der Waals surface area (Å²) in [4.78, 5) is 12.1. The molecule has 2 aromatic rings. The Morgan fingerprint density at radius 1 is 0.500 bits per heavy atom. The van der Waals surface area contributed by atoms with E-state index in [0.717, 1.165) is 32.1 Å². The Morgan fingerprint density at radius 3 is 1.39 bits per heavy atom. The lowest BCUT2D eigenvalue weighted by Crippen LogP contribution is -2.28. The van der Waals surface area contributed by atoms with Gasteiger partial charge in [0, 0.05) is 18.3 Å². The summed E-state index contributed by atoms with van der Waals surface area (Å²) < 4.78 is 0. The fraction of sp³-hybridized carbons (Fsp3) is 0.519. The van der Waals surface area contributed by atoms with Gasteiger partial charge in [0.2, 0.25) is 0 Å². The van der Waals surface area contributed by atoms with Gasteiger partial charge in [0.1, 0.15) is 5.78 Å². The van der Waals surface area contributed by atoms with Crippen molar-refractivity contribution in [1.29, 1.82) is 0 Å². The van der Waals surface area contributed by atoms with Crippen LogP contribution in [0.15, 0.2) is 60.7 Å². The highest BCUT2D eigenvalue weighted by molar-refractivity contribution is 5.78. The zero-order valence-electron chi connectivity index (χ0n) is 17.4. The number of hydrogen-bond acceptors (Lipinski definition) is 1. The number of carbonyl (C=O) groups is 1. The average molecular weight is 377 g/mol. The summed E-state index contributed by atoms with van der Waals surface area (Å²) in [6, 6.07) is 22.3. The third-order valence-corrected chi connectivity index (χ3v) is 6.52. The molecule has 0 bridgehead atoms. The summed E-state index contributed by atoms with van der Waals surface area (Å²) >= 11 is 0. The van der Waals surface area contributed by atoms with E-state index < -0.39 is 0 Å². The highest BCUT2D eigenvalue weighted by Gasteiger charge is 2.33. The van der Waals surface area contributed by atoms with Gasteiger partial charge in [-0.15, -0.1) is 0 Å². The summed E-state index contributed by atoms with van der Waals surface area (Å²) in [6.07, 6.45) is 14.9. The van der Waals surface area contributed by atoms with Crippen LogP contribution in [0, 0.1) is 0 Å². The Morgan fingerprint density at radius 2 is 0.893 bits per heavy atom. The van der Waals surface area contributed by atoms with Crippen molar-refractivity contribution in [1.82, 2.24) is 0 Å². The van der Waals surface area contributed by atoms with Crippen molar-refractivity contribution in [2.24, 2.45) is 0 Å². The molecule has 0 amide bonds. The number of rotatable bonds is 2. The van der Waals surface area contributed by atoms with Crippen LogP contribution in [0.25, 0.3) is 0 Å². The van der Waals surface area contributed by atoms with Crippen LogP contribution in [0.2, 0.25) is 0 Å². The van der Waals surface area contributed by atoms with E-state index >= 15 is 0 Å². The number of carbonyl (C=O) groups excluding carboxylic acids is 1. The van der Waals surface area contributed by atoms with E-state index in [1.165, 1.54) is 62.5 Å². The second kappa shape index (κ2) is 11.2. The van der Waals surface area contributed by atoms with Crippen molar-refractivity contribution >= 4 is 5.78 Å². The van der Waals surface area contributed by atoms with Crippen LogP contribution in [0.3, 0.4) is 0 Å². The molecule has 1 aliphatic rings. The molecule has 28 heavy (non-hydrogen) atoms. The molecule has 0 spiro atoms. The Bertz CT molecular complexity index is 649. The van der Waals surface area contributed by atoms with Gasteiger partial charge in [-0.3, -0.25) is 4.79 Å². The molecule has 3 rings (SSSR count). The monoisotopic (exact) mass is 376 g/mol. The minimum Gasteiger partial charge on any atom is -0.300 e. The van der Waals surface area contributed by atoms with Crippen LogP contribution in [-0.4, -0.2) is 5.78 Å². The number of Topliss-reactive ketones (excluding diaryl/α,β-unsaturated/α-hetero) is 1. The fourth-order valence-corrected chi connectivity index (χ4v) is 4.89. The minimum absolute atomic E-state index is 0.104. The van der Waals surface area contributed by atoms with Gasteiger partial charge < -0.3 is 0 Å². The van der Waals surface area contributed by atoms with Crippen LogP contribution < -0.4 is 0 Å². The first kappa shape index (κ1) is 20.8. The lowest BCUT2D eigenvalue weighted by Gasteiger charge is -2.36. The predicted molar refractivity (Wildman–Crippen MR) is 119 cm³/mol. The van der Waals surface area contributed by atoms with Crippen molar-refractivity contribution in [3.05, 3.63) is 71.8 Å². The third-order valence-electron chi connectivity index (χ3n) is 6.52. The lowest BCUT2D eigenvalue weighted by atomic mass is 9.68. The molecule has 1 aliphatic carbocycles. The van der Waals surface area contributed by atoms with Crippen molar-refractivity contribution in [2.45, 2.75) is 88.9 Å². The van der Waals surface area contributed by atoms with E-state index in [4.69, 9.17) is 0 Å². The second-order valence-corrected chi connectivity index (χ2v) is 8.53. The van der Waals surface area contributed by atoms with Gasteiger partial charge >= 0.3 is 0 Å². The first-order chi connectivity index (χ1) is 13.8. The zero-order chi connectivity index (χ0) is 19.5. The summed E-state index contributed by atoms with van der Waals surface area (Å²) in [6.45, 7) is 0. The van der Waals surface area contributed by atoms with E-state index in [1.54, 1.807) is 0 Å². The third kappa shape index (κ3) is 5.80. The summed E-state index contributed by atoms with van der Waals surface area (Å²) in [5.41, 5.74) is 3.02. The Kier molecular flexibility index (Phi) is 8.33. The van der Waals surface area contributed by atoms with E-state index in [9.17, 15) is 4.79 Å². The molecule has 1 nitrogen and oxygen atoms in total. The highest BCUT2D eigenvalue weighted by atomic mass is 16.1. The topological polar surface area (TPSA) is 17.1 Å². The molecular formula is C27H36O. The van der Waals surface area contributed by atoms with Gasteiger partial charge in [-0.05, 0) is 36.8 Å². The Hall–Kier alpha value is -1.89. The molecule has 0 saturated heterocycles. The fourth-order valence-electron chi connectivity index (χ4n) is 4.89. The predicted octanol–water partition coefficient (Wildman–Crippen LogP) is 7.63. The molecule has 0 radical (unpaired) electrons. The second-order valence-electron chi connectivity index (χ2n) is 8.53. The van der Waals surface area contributed by atoms with Gasteiger partial charge in [-0.1, -0.05) is 106 Å². The number of ketones is 1. The number of benzene rings is 2. The van der Waals surface area contributed by atoms with Crippen molar-refractivity contribution in [2.75, 3.05) is 0 Å². The lowest BCUT2D eigenvalue weighted by molar-refractivity contribution is -0.119. The minimum atomic E-state index is 0.104. The van der Waals surface area contributed by atoms with E-state index in [0.29, 0.717) is 5.78 Å². The maximum Gasteiger partial charge on any atom is 0.132 e. The van der Waals surface area contributed by atoms with E-state index in [1.807, 2.05) is 0 Å². The van der Waals surface area contributed by atoms with Crippen LogP contribution in [-0.2, 0) is 10.2 Å².